The number of benzene rings is 1. The van der Waals surface area contributed by atoms with E-state index in [0.29, 0.717) is 17.7 Å². The largest absolute Gasteiger partial charge is 0.481 e. The molecule has 27 heavy (non-hydrogen) atoms. The fourth-order valence-electron chi connectivity index (χ4n) is 2.41. The Balaban J connectivity index is 2.29. The van der Waals surface area contributed by atoms with Crippen LogP contribution in [-0.4, -0.2) is 38.2 Å². The van der Waals surface area contributed by atoms with Crippen LogP contribution in [0.15, 0.2) is 30.3 Å². The molecule has 0 saturated carbocycles. The number of ether oxygens (including phenoxy) is 3. The second kappa shape index (κ2) is 9.18. The van der Waals surface area contributed by atoms with E-state index in [4.69, 9.17) is 14.2 Å². The topological polar surface area (TPSA) is 90.9 Å². The van der Waals surface area contributed by atoms with Gasteiger partial charge in [-0.15, -0.1) is 11.3 Å². The van der Waals surface area contributed by atoms with Gasteiger partial charge in [0, 0.05) is 0 Å². The molecule has 1 unspecified atom stereocenters. The van der Waals surface area contributed by atoms with E-state index >= 15 is 0 Å². The van der Waals surface area contributed by atoms with Crippen molar-refractivity contribution in [1.82, 2.24) is 0 Å². The van der Waals surface area contributed by atoms with Crippen LogP contribution in [0, 0.1) is 6.92 Å². The number of methoxy groups -OCH3 is 2. The molecule has 0 aliphatic heterocycles. The van der Waals surface area contributed by atoms with Crippen molar-refractivity contribution in [3.8, 4) is 5.75 Å². The highest BCUT2D eigenvalue weighted by Crippen LogP contribution is 2.34. The summed E-state index contributed by atoms with van der Waals surface area (Å²) in [6.45, 7) is 3.41. The van der Waals surface area contributed by atoms with Gasteiger partial charge in [0.2, 0.25) is 0 Å². The second-order valence-corrected chi connectivity index (χ2v) is 6.58. The van der Waals surface area contributed by atoms with E-state index in [2.05, 4.69) is 5.32 Å². The first-order valence-corrected chi connectivity index (χ1v) is 9.07. The third-order valence-electron chi connectivity index (χ3n) is 3.83. The van der Waals surface area contributed by atoms with Crippen molar-refractivity contribution in [2.75, 3.05) is 19.5 Å². The summed E-state index contributed by atoms with van der Waals surface area (Å²) in [6, 6.07) is 8.96. The molecule has 144 valence electrons. The number of anilines is 1. The summed E-state index contributed by atoms with van der Waals surface area (Å²) in [4.78, 5) is 37.0. The van der Waals surface area contributed by atoms with Gasteiger partial charge in [-0.25, -0.2) is 9.59 Å². The van der Waals surface area contributed by atoms with Crippen molar-refractivity contribution in [2.45, 2.75) is 26.4 Å². The molecule has 0 aliphatic carbocycles. The lowest BCUT2D eigenvalue weighted by molar-refractivity contribution is -0.122. The van der Waals surface area contributed by atoms with Gasteiger partial charge in [0.05, 0.1) is 19.8 Å². The Labute approximate surface area is 161 Å². The number of hydrogen-bond acceptors (Lipinski definition) is 7. The summed E-state index contributed by atoms with van der Waals surface area (Å²) in [5.41, 5.74) is 0.525. The van der Waals surface area contributed by atoms with Crippen molar-refractivity contribution in [2.24, 2.45) is 0 Å². The highest BCUT2D eigenvalue weighted by Gasteiger charge is 2.28. The molecule has 1 atom stereocenters. The van der Waals surface area contributed by atoms with Crippen molar-refractivity contribution < 1.29 is 28.6 Å². The summed E-state index contributed by atoms with van der Waals surface area (Å²) in [7, 11) is 2.48. The van der Waals surface area contributed by atoms with Gasteiger partial charge in [-0.2, -0.15) is 0 Å². The van der Waals surface area contributed by atoms with Gasteiger partial charge in [0.25, 0.3) is 5.91 Å². The van der Waals surface area contributed by atoms with Gasteiger partial charge in [-0.05, 0) is 31.0 Å². The molecule has 2 aromatic rings. The molecule has 1 aromatic heterocycles. The molecule has 0 bridgehead atoms. The van der Waals surface area contributed by atoms with E-state index in [9.17, 15) is 14.4 Å². The first-order chi connectivity index (χ1) is 12.9. The van der Waals surface area contributed by atoms with Crippen LogP contribution in [0.4, 0.5) is 5.00 Å². The molecule has 1 N–H and O–H groups in total. The van der Waals surface area contributed by atoms with Crippen LogP contribution in [0.3, 0.4) is 0 Å². The van der Waals surface area contributed by atoms with E-state index in [1.54, 1.807) is 31.2 Å². The molecule has 1 aromatic carbocycles. The maximum Gasteiger partial charge on any atom is 0.348 e. The number of nitrogens with one attached hydrogen (secondary N) is 1. The Morgan fingerprint density at radius 3 is 2.26 bits per heavy atom. The molecular weight excluding hydrogens is 370 g/mol. The third-order valence-corrected chi connectivity index (χ3v) is 5.02. The number of para-hydroxylation sites is 1. The lowest BCUT2D eigenvalue weighted by Gasteiger charge is -2.17. The van der Waals surface area contributed by atoms with Crippen LogP contribution < -0.4 is 10.1 Å². The molecule has 0 saturated heterocycles. The minimum absolute atomic E-state index is 0.130. The highest BCUT2D eigenvalue weighted by atomic mass is 32.1. The van der Waals surface area contributed by atoms with Crippen LogP contribution in [0.2, 0.25) is 0 Å². The van der Waals surface area contributed by atoms with Gasteiger partial charge < -0.3 is 19.5 Å². The average molecular weight is 391 g/mol. The number of carbonyl (C=O) groups excluding carboxylic acids is 3. The number of hydrogen-bond donors (Lipinski definition) is 1. The first-order valence-electron chi connectivity index (χ1n) is 8.25. The predicted molar refractivity (Wildman–Crippen MR) is 102 cm³/mol. The Kier molecular flexibility index (Phi) is 6.95. The number of amides is 1. The Morgan fingerprint density at radius 2 is 1.70 bits per heavy atom. The normalized spacial score (nSPS) is 11.4. The molecule has 0 spiro atoms. The zero-order valence-electron chi connectivity index (χ0n) is 15.5. The molecule has 1 heterocycles. The van der Waals surface area contributed by atoms with Crippen molar-refractivity contribution in [3.05, 3.63) is 46.3 Å². The van der Waals surface area contributed by atoms with E-state index < -0.39 is 23.9 Å². The fourth-order valence-corrected chi connectivity index (χ4v) is 3.53. The standard InChI is InChI=1S/C19H21NO6S/c1-5-13(26-12-9-7-6-8-10-12)16(21)20-17-14(18(22)24-3)11(2)15(27-17)19(23)25-4/h6-10,13H,5H2,1-4H3,(H,20,21). The molecule has 2 rings (SSSR count). The number of esters is 2. The molecule has 1 amide bonds. The molecule has 0 fully saturated rings. The lowest BCUT2D eigenvalue weighted by atomic mass is 10.1. The first kappa shape index (κ1) is 20.4. The van der Waals surface area contributed by atoms with Gasteiger partial charge in [-0.1, -0.05) is 25.1 Å². The molecule has 7 nitrogen and oxygen atoms in total. The maximum atomic E-state index is 12.7. The highest BCUT2D eigenvalue weighted by molar-refractivity contribution is 7.18. The molecule has 0 aliphatic rings. The number of thiophene rings is 1. The number of carbonyl (C=O) groups is 3. The zero-order valence-corrected chi connectivity index (χ0v) is 16.3. The molecule has 0 radical (unpaired) electrons. The summed E-state index contributed by atoms with van der Waals surface area (Å²) in [5, 5.41) is 2.91. The Hall–Kier alpha value is -2.87. The minimum Gasteiger partial charge on any atom is -0.481 e. The van der Waals surface area contributed by atoms with E-state index in [1.165, 1.54) is 14.2 Å². The monoisotopic (exact) mass is 391 g/mol. The third kappa shape index (κ3) is 4.65. The van der Waals surface area contributed by atoms with Gasteiger partial charge >= 0.3 is 11.9 Å². The number of rotatable bonds is 7. The van der Waals surface area contributed by atoms with Gasteiger partial charge in [0.15, 0.2) is 6.10 Å². The SMILES string of the molecule is CCC(Oc1ccccc1)C(=O)Nc1sc(C(=O)OC)c(C)c1C(=O)OC. The average Bonchev–Trinajstić information content (AvgIpc) is 3.01. The van der Waals surface area contributed by atoms with E-state index in [-0.39, 0.29) is 15.4 Å². The quantitative estimate of drug-likeness (QED) is 0.727. The molecule has 8 heteroatoms. The van der Waals surface area contributed by atoms with Crippen LogP contribution in [0.1, 0.15) is 38.9 Å². The van der Waals surface area contributed by atoms with Crippen LogP contribution in [0.25, 0.3) is 0 Å². The van der Waals surface area contributed by atoms with E-state index in [0.717, 1.165) is 11.3 Å². The lowest BCUT2D eigenvalue weighted by Crippen LogP contribution is -2.32. The summed E-state index contributed by atoms with van der Waals surface area (Å²) < 4.78 is 15.2. The van der Waals surface area contributed by atoms with Crippen LogP contribution >= 0.6 is 11.3 Å². The van der Waals surface area contributed by atoms with E-state index in [1.807, 2.05) is 13.0 Å². The van der Waals surface area contributed by atoms with Gasteiger partial charge in [0.1, 0.15) is 15.6 Å². The minimum atomic E-state index is -0.762. The smallest absolute Gasteiger partial charge is 0.348 e. The zero-order chi connectivity index (χ0) is 20.0. The van der Waals surface area contributed by atoms with Crippen molar-refractivity contribution >= 4 is 34.2 Å². The van der Waals surface area contributed by atoms with Crippen molar-refractivity contribution in [3.63, 3.8) is 0 Å². The Bertz CT molecular complexity index is 830. The maximum absolute atomic E-state index is 12.7. The van der Waals surface area contributed by atoms with Crippen molar-refractivity contribution in [1.29, 1.82) is 0 Å². The summed E-state index contributed by atoms with van der Waals surface area (Å²) in [5.74, 6) is -1.10. The Morgan fingerprint density at radius 1 is 1.07 bits per heavy atom. The summed E-state index contributed by atoms with van der Waals surface area (Å²) >= 11 is 0.962. The van der Waals surface area contributed by atoms with Crippen LogP contribution in [0.5, 0.6) is 5.75 Å². The van der Waals surface area contributed by atoms with Gasteiger partial charge in [-0.3, -0.25) is 4.79 Å². The predicted octanol–water partition coefficient (Wildman–Crippen LogP) is 3.43. The fraction of sp³-hybridized carbons (Fsp3) is 0.316. The summed E-state index contributed by atoms with van der Waals surface area (Å²) in [6.07, 6.45) is -0.343. The molecular formula is C19H21NO6S. The second-order valence-electron chi connectivity index (χ2n) is 5.56. The van der Waals surface area contributed by atoms with Crippen LogP contribution in [-0.2, 0) is 14.3 Å².